The van der Waals surface area contributed by atoms with E-state index in [1.807, 2.05) is 0 Å². The van der Waals surface area contributed by atoms with Gasteiger partial charge in [-0.25, -0.2) is 9.78 Å². The van der Waals surface area contributed by atoms with E-state index in [2.05, 4.69) is 32.5 Å². The number of rotatable bonds is 11. The summed E-state index contributed by atoms with van der Waals surface area (Å²) in [5, 5.41) is 8.72. The molecule has 200 valence electrons. The third-order valence-corrected chi connectivity index (χ3v) is 5.84. The van der Waals surface area contributed by atoms with Gasteiger partial charge in [0.1, 0.15) is 27.4 Å². The SMILES string of the molecule is C=CC(=O)Nc1ccccc1Nc1ccnc(N(CCOC)C(=O)Nc2c(Cl)c(OC)cc(OC)c2Cl)n1. The molecule has 3 aromatic rings. The van der Waals surface area contributed by atoms with E-state index in [9.17, 15) is 9.59 Å². The molecule has 0 aliphatic heterocycles. The molecular weight excluding hydrogens is 535 g/mol. The minimum absolute atomic E-state index is 0.0688. The van der Waals surface area contributed by atoms with Gasteiger partial charge in [-0.1, -0.05) is 41.9 Å². The van der Waals surface area contributed by atoms with Gasteiger partial charge < -0.3 is 30.2 Å². The fourth-order valence-electron chi connectivity index (χ4n) is 3.22. The number of carbonyl (C=O) groups excluding carboxylic acids is 2. The minimum atomic E-state index is -0.628. The maximum absolute atomic E-state index is 13.4. The number of amides is 3. The second kappa shape index (κ2) is 13.5. The standard InChI is InChI=1S/C25H26Cl2N6O5/c1-5-20(34)30-16-9-7-6-8-15(16)29-19-10-11-28-24(31-19)33(12-13-36-2)25(35)32-23-21(26)17(37-3)14-18(38-4)22(23)27/h5-11,14H,1,12-13H2,2-4H3,(H,30,34)(H,32,35)(H,28,29,31). The van der Waals surface area contributed by atoms with Gasteiger partial charge in [-0.2, -0.15) is 4.98 Å². The van der Waals surface area contributed by atoms with E-state index in [4.69, 9.17) is 37.4 Å². The summed E-state index contributed by atoms with van der Waals surface area (Å²) in [6, 6.07) is 9.55. The van der Waals surface area contributed by atoms with E-state index in [1.165, 1.54) is 44.6 Å². The first-order valence-corrected chi connectivity index (χ1v) is 11.9. The van der Waals surface area contributed by atoms with Crippen molar-refractivity contribution in [3.63, 3.8) is 0 Å². The van der Waals surface area contributed by atoms with Crippen LogP contribution in [0.15, 0.2) is 55.3 Å². The zero-order valence-corrected chi connectivity index (χ0v) is 22.4. The Hall–Kier alpha value is -4.06. The van der Waals surface area contributed by atoms with Gasteiger partial charge in [0.25, 0.3) is 0 Å². The molecule has 1 heterocycles. The van der Waals surface area contributed by atoms with Crippen LogP contribution in [0.25, 0.3) is 0 Å². The van der Waals surface area contributed by atoms with Crippen molar-refractivity contribution in [2.24, 2.45) is 0 Å². The van der Waals surface area contributed by atoms with Crippen molar-refractivity contribution in [3.8, 4) is 11.5 Å². The average Bonchev–Trinajstić information content (AvgIpc) is 2.92. The Morgan fingerprint density at radius 1 is 1.03 bits per heavy atom. The number of methoxy groups -OCH3 is 3. The van der Waals surface area contributed by atoms with Gasteiger partial charge in [0.15, 0.2) is 0 Å². The number of hydrogen-bond acceptors (Lipinski definition) is 8. The van der Waals surface area contributed by atoms with Crippen LogP contribution < -0.4 is 30.3 Å². The highest BCUT2D eigenvalue weighted by molar-refractivity contribution is 6.41. The number of nitrogens with one attached hydrogen (secondary N) is 3. The van der Waals surface area contributed by atoms with E-state index >= 15 is 0 Å². The first-order chi connectivity index (χ1) is 18.3. The molecule has 0 saturated heterocycles. The molecule has 0 unspecified atom stereocenters. The molecular formula is C25H26Cl2N6O5. The summed E-state index contributed by atoms with van der Waals surface area (Å²) in [7, 11) is 4.36. The molecule has 1 aromatic heterocycles. The quantitative estimate of drug-likeness (QED) is 0.268. The van der Waals surface area contributed by atoms with Crippen LogP contribution in [0.4, 0.5) is 33.6 Å². The molecule has 3 rings (SSSR count). The van der Waals surface area contributed by atoms with E-state index in [0.717, 1.165) is 0 Å². The van der Waals surface area contributed by atoms with Gasteiger partial charge in [0.2, 0.25) is 11.9 Å². The second-order valence-corrected chi connectivity index (χ2v) is 8.22. The molecule has 0 spiro atoms. The zero-order valence-electron chi connectivity index (χ0n) is 20.9. The summed E-state index contributed by atoms with van der Waals surface area (Å²) in [5.74, 6) is 0.591. The molecule has 0 radical (unpaired) electrons. The Labute approximate surface area is 229 Å². The second-order valence-electron chi connectivity index (χ2n) is 7.46. The van der Waals surface area contributed by atoms with Crippen molar-refractivity contribution in [1.82, 2.24) is 9.97 Å². The number of ether oxygens (including phenoxy) is 3. The van der Waals surface area contributed by atoms with Crippen molar-refractivity contribution < 1.29 is 23.8 Å². The van der Waals surface area contributed by atoms with Crippen molar-refractivity contribution in [3.05, 3.63) is 65.3 Å². The van der Waals surface area contributed by atoms with Crippen LogP contribution in [0, 0.1) is 0 Å². The molecule has 0 bridgehead atoms. The van der Waals surface area contributed by atoms with Gasteiger partial charge in [-0.3, -0.25) is 9.69 Å². The predicted molar refractivity (Wildman–Crippen MR) is 148 cm³/mol. The lowest BCUT2D eigenvalue weighted by molar-refractivity contribution is -0.111. The van der Waals surface area contributed by atoms with Crippen LogP contribution in [0.2, 0.25) is 10.0 Å². The number of anilines is 5. The van der Waals surface area contributed by atoms with Gasteiger partial charge in [-0.05, 0) is 24.3 Å². The Morgan fingerprint density at radius 3 is 2.29 bits per heavy atom. The third-order valence-electron chi connectivity index (χ3n) is 5.09. The topological polar surface area (TPSA) is 127 Å². The zero-order chi connectivity index (χ0) is 27.7. The monoisotopic (exact) mass is 560 g/mol. The largest absolute Gasteiger partial charge is 0.495 e. The molecule has 0 saturated carbocycles. The highest BCUT2D eigenvalue weighted by Gasteiger charge is 2.24. The van der Waals surface area contributed by atoms with E-state index in [-0.39, 0.29) is 52.2 Å². The highest BCUT2D eigenvalue weighted by Crippen LogP contribution is 2.44. The van der Waals surface area contributed by atoms with E-state index in [1.54, 1.807) is 30.3 Å². The summed E-state index contributed by atoms with van der Waals surface area (Å²) < 4.78 is 15.7. The molecule has 0 atom stereocenters. The Morgan fingerprint density at radius 2 is 1.68 bits per heavy atom. The number of aromatic nitrogens is 2. The van der Waals surface area contributed by atoms with E-state index in [0.29, 0.717) is 17.2 Å². The maximum atomic E-state index is 13.4. The molecule has 2 aromatic carbocycles. The summed E-state index contributed by atoms with van der Waals surface area (Å²) in [5.41, 5.74) is 1.18. The van der Waals surface area contributed by atoms with Crippen molar-refractivity contribution in [2.45, 2.75) is 0 Å². The molecule has 0 fully saturated rings. The van der Waals surface area contributed by atoms with Crippen LogP contribution >= 0.6 is 23.2 Å². The molecule has 38 heavy (non-hydrogen) atoms. The first-order valence-electron chi connectivity index (χ1n) is 11.1. The summed E-state index contributed by atoms with van der Waals surface area (Å²) in [4.78, 5) is 35.2. The molecule has 0 aliphatic rings. The molecule has 13 heteroatoms. The lowest BCUT2D eigenvalue weighted by Gasteiger charge is -2.23. The number of nitrogens with zero attached hydrogens (tertiary/aromatic N) is 3. The summed E-state index contributed by atoms with van der Waals surface area (Å²) in [6.07, 6.45) is 2.65. The van der Waals surface area contributed by atoms with Gasteiger partial charge in [0.05, 0.1) is 44.4 Å². The Bertz CT molecular complexity index is 1300. The fraction of sp³-hybridized carbons (Fsp3) is 0.200. The normalized spacial score (nSPS) is 10.3. The number of carbonyl (C=O) groups is 2. The van der Waals surface area contributed by atoms with Gasteiger partial charge in [0, 0.05) is 19.4 Å². The van der Waals surface area contributed by atoms with Gasteiger partial charge >= 0.3 is 6.03 Å². The third kappa shape index (κ3) is 6.82. The van der Waals surface area contributed by atoms with Crippen LogP contribution in [0.5, 0.6) is 11.5 Å². The molecule has 0 aliphatic carbocycles. The van der Waals surface area contributed by atoms with Crippen molar-refractivity contribution in [2.75, 3.05) is 55.3 Å². The summed E-state index contributed by atoms with van der Waals surface area (Å²) >= 11 is 12.8. The fourth-order valence-corrected chi connectivity index (χ4v) is 3.81. The first kappa shape index (κ1) is 28.5. The van der Waals surface area contributed by atoms with Crippen LogP contribution in [0.1, 0.15) is 0 Å². The maximum Gasteiger partial charge on any atom is 0.328 e. The Kier molecular flexibility index (Phi) is 10.1. The lowest BCUT2D eigenvalue weighted by Crippen LogP contribution is -2.38. The molecule has 3 N–H and O–H groups in total. The number of para-hydroxylation sites is 2. The van der Waals surface area contributed by atoms with Crippen LogP contribution in [-0.2, 0) is 9.53 Å². The summed E-state index contributed by atoms with van der Waals surface area (Å²) in [6.45, 7) is 3.76. The number of halogens is 2. The van der Waals surface area contributed by atoms with Crippen LogP contribution in [-0.4, -0.2) is 56.4 Å². The molecule has 11 nitrogen and oxygen atoms in total. The van der Waals surface area contributed by atoms with Gasteiger partial charge in [-0.15, -0.1) is 0 Å². The number of benzene rings is 2. The van der Waals surface area contributed by atoms with Crippen molar-refractivity contribution >= 4 is 64.0 Å². The van der Waals surface area contributed by atoms with Crippen molar-refractivity contribution in [1.29, 1.82) is 0 Å². The molecule has 3 amide bonds. The smallest absolute Gasteiger partial charge is 0.328 e. The van der Waals surface area contributed by atoms with E-state index < -0.39 is 6.03 Å². The highest BCUT2D eigenvalue weighted by atomic mass is 35.5. The van der Waals surface area contributed by atoms with Crippen LogP contribution in [0.3, 0.4) is 0 Å². The number of urea groups is 1. The Balaban J connectivity index is 1.92. The number of hydrogen-bond donors (Lipinski definition) is 3. The predicted octanol–water partition coefficient (Wildman–Crippen LogP) is 5.35. The average molecular weight is 561 g/mol. The minimum Gasteiger partial charge on any atom is -0.495 e. The lowest BCUT2D eigenvalue weighted by atomic mass is 10.2.